The number of phenols is 1. The molecule has 0 aromatic heterocycles. The van der Waals surface area contributed by atoms with E-state index in [9.17, 15) is 5.11 Å². The average Bonchev–Trinajstić information content (AvgIpc) is 2.52. The topological polar surface area (TPSA) is 23.5 Å². The van der Waals surface area contributed by atoms with E-state index in [1.165, 1.54) is 57.2 Å². The van der Waals surface area contributed by atoms with Gasteiger partial charge in [-0.1, -0.05) is 45.2 Å². The third-order valence-corrected chi connectivity index (χ3v) is 6.09. The number of nitrogens with zero attached hydrogens (tertiary/aromatic N) is 1. The zero-order chi connectivity index (χ0) is 15.5. The molecular formula is C20H32ClNO. The van der Waals surface area contributed by atoms with Gasteiger partial charge in [0.2, 0.25) is 0 Å². The van der Waals surface area contributed by atoms with Gasteiger partial charge in [0.05, 0.1) is 0 Å². The molecule has 130 valence electrons. The molecule has 0 amide bonds. The van der Waals surface area contributed by atoms with Gasteiger partial charge in [-0.2, -0.15) is 0 Å². The predicted octanol–water partition coefficient (Wildman–Crippen LogP) is 5.41. The van der Waals surface area contributed by atoms with Crippen LogP contribution in [0.15, 0.2) is 24.3 Å². The highest BCUT2D eigenvalue weighted by Gasteiger charge is 2.35. The van der Waals surface area contributed by atoms with E-state index in [2.05, 4.69) is 24.8 Å². The summed E-state index contributed by atoms with van der Waals surface area (Å²) >= 11 is 0. The standard InChI is InChI=1S/C20H31NO.ClH/c1-15-11-12-21(14-17-7-4-3-5-8-17)20(16(15)2)18-9-6-10-19(22)13-18;/h6,9-10,13,15-17,20,22H,3-5,7-8,11-12,14H2,1-2H3;1H/t15?,16-,20-;/m0./s1. The first kappa shape index (κ1) is 18.6. The van der Waals surface area contributed by atoms with Crippen molar-refractivity contribution in [2.75, 3.05) is 13.1 Å². The Kier molecular flexibility index (Phi) is 6.79. The van der Waals surface area contributed by atoms with Crippen LogP contribution in [0.4, 0.5) is 0 Å². The quantitative estimate of drug-likeness (QED) is 0.796. The molecule has 1 aromatic carbocycles. The molecule has 3 atom stereocenters. The van der Waals surface area contributed by atoms with Crippen molar-refractivity contribution in [2.45, 2.75) is 58.4 Å². The number of phenolic OH excluding ortho intramolecular Hbond substituents is 1. The summed E-state index contributed by atoms with van der Waals surface area (Å²) in [7, 11) is 0. The number of hydrogen-bond donors (Lipinski definition) is 1. The Morgan fingerprint density at radius 1 is 1.09 bits per heavy atom. The molecule has 1 saturated heterocycles. The van der Waals surface area contributed by atoms with Gasteiger partial charge in [-0.05, 0) is 61.3 Å². The smallest absolute Gasteiger partial charge is 0.115 e. The van der Waals surface area contributed by atoms with Crippen molar-refractivity contribution in [1.82, 2.24) is 4.90 Å². The Balaban J connectivity index is 0.00000192. The van der Waals surface area contributed by atoms with Crippen LogP contribution in [0.5, 0.6) is 5.75 Å². The summed E-state index contributed by atoms with van der Waals surface area (Å²) in [5.41, 5.74) is 1.30. The van der Waals surface area contributed by atoms with Crippen molar-refractivity contribution in [3.63, 3.8) is 0 Å². The summed E-state index contributed by atoms with van der Waals surface area (Å²) in [5, 5.41) is 9.89. The van der Waals surface area contributed by atoms with Crippen molar-refractivity contribution in [3.05, 3.63) is 29.8 Å². The Morgan fingerprint density at radius 3 is 2.52 bits per heavy atom. The number of hydrogen-bond acceptors (Lipinski definition) is 2. The maximum Gasteiger partial charge on any atom is 0.115 e. The Bertz CT molecular complexity index is 486. The highest BCUT2D eigenvalue weighted by atomic mass is 35.5. The predicted molar refractivity (Wildman–Crippen MR) is 99.2 cm³/mol. The lowest BCUT2D eigenvalue weighted by Gasteiger charge is -2.45. The van der Waals surface area contributed by atoms with Gasteiger partial charge in [0.1, 0.15) is 5.75 Å². The van der Waals surface area contributed by atoms with Gasteiger partial charge in [0.15, 0.2) is 0 Å². The van der Waals surface area contributed by atoms with E-state index < -0.39 is 0 Å². The maximum absolute atomic E-state index is 9.89. The molecule has 3 rings (SSSR count). The zero-order valence-corrected chi connectivity index (χ0v) is 15.4. The van der Waals surface area contributed by atoms with Crippen LogP contribution >= 0.6 is 12.4 Å². The fourth-order valence-electron chi connectivity index (χ4n) is 4.54. The number of benzene rings is 1. The Morgan fingerprint density at radius 2 is 1.83 bits per heavy atom. The molecule has 1 aliphatic carbocycles. The van der Waals surface area contributed by atoms with E-state index in [0.717, 1.165) is 11.8 Å². The van der Waals surface area contributed by atoms with Gasteiger partial charge < -0.3 is 5.11 Å². The summed E-state index contributed by atoms with van der Waals surface area (Å²) in [6.45, 7) is 7.24. The first-order chi connectivity index (χ1) is 10.6. The summed E-state index contributed by atoms with van der Waals surface area (Å²) in [4.78, 5) is 2.72. The molecule has 1 unspecified atom stereocenters. The van der Waals surface area contributed by atoms with Crippen molar-refractivity contribution in [3.8, 4) is 5.75 Å². The third kappa shape index (κ3) is 4.42. The van der Waals surface area contributed by atoms with Crippen LogP contribution < -0.4 is 0 Å². The van der Waals surface area contributed by atoms with Gasteiger partial charge >= 0.3 is 0 Å². The molecule has 1 N–H and O–H groups in total. The lowest BCUT2D eigenvalue weighted by Crippen LogP contribution is -2.44. The summed E-state index contributed by atoms with van der Waals surface area (Å²) in [6.07, 6.45) is 8.39. The summed E-state index contributed by atoms with van der Waals surface area (Å²) in [6, 6.07) is 8.43. The molecule has 0 spiro atoms. The van der Waals surface area contributed by atoms with Gasteiger partial charge in [0.25, 0.3) is 0 Å². The Hall–Kier alpha value is -0.730. The van der Waals surface area contributed by atoms with Crippen molar-refractivity contribution in [1.29, 1.82) is 0 Å². The molecule has 2 fully saturated rings. The first-order valence-corrected chi connectivity index (χ1v) is 9.18. The normalized spacial score (nSPS) is 29.9. The van der Waals surface area contributed by atoms with Gasteiger partial charge in [-0.3, -0.25) is 4.90 Å². The van der Waals surface area contributed by atoms with E-state index in [4.69, 9.17) is 0 Å². The van der Waals surface area contributed by atoms with Gasteiger partial charge in [-0.25, -0.2) is 0 Å². The maximum atomic E-state index is 9.89. The molecule has 2 aliphatic rings. The van der Waals surface area contributed by atoms with E-state index >= 15 is 0 Å². The highest BCUT2D eigenvalue weighted by molar-refractivity contribution is 5.85. The fraction of sp³-hybridized carbons (Fsp3) is 0.700. The minimum absolute atomic E-state index is 0. The number of aromatic hydroxyl groups is 1. The van der Waals surface area contributed by atoms with Gasteiger partial charge in [0, 0.05) is 12.6 Å². The van der Waals surface area contributed by atoms with E-state index in [1.807, 2.05) is 12.1 Å². The minimum Gasteiger partial charge on any atom is -0.508 e. The number of likely N-dealkylation sites (tertiary alicyclic amines) is 1. The van der Waals surface area contributed by atoms with Crippen LogP contribution in [0.25, 0.3) is 0 Å². The Labute approximate surface area is 147 Å². The monoisotopic (exact) mass is 337 g/mol. The van der Waals surface area contributed by atoms with Crippen molar-refractivity contribution in [2.24, 2.45) is 17.8 Å². The molecule has 0 bridgehead atoms. The first-order valence-electron chi connectivity index (χ1n) is 9.18. The minimum atomic E-state index is 0. The number of rotatable bonds is 3. The molecule has 3 heteroatoms. The van der Waals surface area contributed by atoms with Crippen LogP contribution in [0.2, 0.25) is 0 Å². The zero-order valence-electron chi connectivity index (χ0n) is 14.6. The van der Waals surface area contributed by atoms with Crippen LogP contribution in [0.1, 0.15) is 64.0 Å². The molecular weight excluding hydrogens is 306 g/mol. The molecule has 1 aromatic rings. The highest BCUT2D eigenvalue weighted by Crippen LogP contribution is 2.41. The second-order valence-electron chi connectivity index (χ2n) is 7.66. The van der Waals surface area contributed by atoms with Crippen LogP contribution in [-0.2, 0) is 0 Å². The molecule has 2 nitrogen and oxygen atoms in total. The number of piperidine rings is 1. The van der Waals surface area contributed by atoms with E-state index in [0.29, 0.717) is 17.7 Å². The third-order valence-electron chi connectivity index (χ3n) is 6.09. The molecule has 1 saturated carbocycles. The molecule has 0 radical (unpaired) electrons. The number of halogens is 1. The second-order valence-corrected chi connectivity index (χ2v) is 7.66. The van der Waals surface area contributed by atoms with Crippen LogP contribution in [-0.4, -0.2) is 23.1 Å². The second kappa shape index (κ2) is 8.39. The largest absolute Gasteiger partial charge is 0.508 e. The average molecular weight is 338 g/mol. The molecule has 1 heterocycles. The van der Waals surface area contributed by atoms with Crippen LogP contribution in [0.3, 0.4) is 0 Å². The summed E-state index contributed by atoms with van der Waals surface area (Å²) in [5.74, 6) is 2.70. The van der Waals surface area contributed by atoms with Crippen LogP contribution in [0, 0.1) is 17.8 Å². The lowest BCUT2D eigenvalue weighted by molar-refractivity contribution is 0.0443. The van der Waals surface area contributed by atoms with Crippen molar-refractivity contribution < 1.29 is 5.11 Å². The lowest BCUT2D eigenvalue weighted by atomic mass is 9.78. The summed E-state index contributed by atoms with van der Waals surface area (Å²) < 4.78 is 0. The SMILES string of the molecule is CC1CCN(CC2CCCCC2)[C@H](c2cccc(O)c2)[C@H]1C.Cl. The molecule has 23 heavy (non-hydrogen) atoms. The van der Waals surface area contributed by atoms with Crippen molar-refractivity contribution >= 4 is 12.4 Å². The fourth-order valence-corrected chi connectivity index (χ4v) is 4.54. The molecule has 1 aliphatic heterocycles. The van der Waals surface area contributed by atoms with E-state index in [1.54, 1.807) is 6.07 Å². The van der Waals surface area contributed by atoms with E-state index in [-0.39, 0.29) is 12.4 Å². The van der Waals surface area contributed by atoms with Gasteiger partial charge in [-0.15, -0.1) is 12.4 Å².